The molecule has 1 amide bonds. The lowest BCUT2D eigenvalue weighted by Crippen LogP contribution is -2.38. The molecule has 6 heteroatoms. The number of ether oxygens (including phenoxy) is 1. The van der Waals surface area contributed by atoms with Gasteiger partial charge in [0.2, 0.25) is 5.91 Å². The summed E-state index contributed by atoms with van der Waals surface area (Å²) in [5.74, 6) is -0.621. The molecular weight excluding hydrogens is 318 g/mol. The molecule has 1 aromatic heterocycles. The van der Waals surface area contributed by atoms with Gasteiger partial charge in [0.25, 0.3) is 0 Å². The van der Waals surface area contributed by atoms with Crippen molar-refractivity contribution in [2.75, 3.05) is 13.7 Å². The van der Waals surface area contributed by atoms with E-state index < -0.39 is 11.4 Å². The number of carbonyl (C=O) groups excluding carboxylic acids is 2. The molecule has 98 valence electrons. The minimum absolute atomic E-state index is 0.204. The van der Waals surface area contributed by atoms with Crippen molar-refractivity contribution in [1.29, 1.82) is 0 Å². The summed E-state index contributed by atoms with van der Waals surface area (Å²) in [6, 6.07) is 2.03. The maximum absolute atomic E-state index is 11.9. The van der Waals surface area contributed by atoms with Gasteiger partial charge in [-0.3, -0.25) is 9.59 Å². The number of hydrogen-bond donors (Lipinski definition) is 1. The number of esters is 1. The van der Waals surface area contributed by atoms with Gasteiger partial charge < -0.3 is 10.1 Å². The summed E-state index contributed by atoms with van der Waals surface area (Å²) in [5.41, 5.74) is -0.898. The van der Waals surface area contributed by atoms with Gasteiger partial charge in [-0.25, -0.2) is 0 Å². The zero-order valence-electron chi connectivity index (χ0n) is 9.99. The predicted molar refractivity (Wildman–Crippen MR) is 72.4 cm³/mol. The van der Waals surface area contributed by atoms with Crippen LogP contribution in [0, 0.1) is 5.41 Å². The SMILES string of the molecule is COC(=O)C1(C(=O)NCCc2cc(Br)cs2)CC1. The maximum atomic E-state index is 11.9. The second-order valence-corrected chi connectivity index (χ2v) is 6.22. The lowest BCUT2D eigenvalue weighted by molar-refractivity contribution is -0.152. The lowest BCUT2D eigenvalue weighted by atomic mass is 10.1. The van der Waals surface area contributed by atoms with Crippen LogP contribution in [0.4, 0.5) is 0 Å². The molecule has 0 unspecified atom stereocenters. The van der Waals surface area contributed by atoms with Crippen LogP contribution in [0.5, 0.6) is 0 Å². The first kappa shape index (κ1) is 13.5. The highest BCUT2D eigenvalue weighted by Gasteiger charge is 2.57. The molecule has 1 fully saturated rings. The van der Waals surface area contributed by atoms with E-state index in [1.54, 1.807) is 11.3 Å². The highest BCUT2D eigenvalue weighted by atomic mass is 79.9. The Morgan fingerprint density at radius 2 is 2.28 bits per heavy atom. The molecule has 0 aliphatic heterocycles. The summed E-state index contributed by atoms with van der Waals surface area (Å²) in [6.45, 7) is 0.546. The Kier molecular flexibility index (Phi) is 4.07. The smallest absolute Gasteiger partial charge is 0.321 e. The van der Waals surface area contributed by atoms with Crippen LogP contribution in [0.1, 0.15) is 17.7 Å². The second kappa shape index (κ2) is 5.40. The van der Waals surface area contributed by atoms with Crippen LogP contribution in [0.3, 0.4) is 0 Å². The van der Waals surface area contributed by atoms with Crippen LogP contribution in [0.15, 0.2) is 15.9 Å². The Morgan fingerprint density at radius 3 is 2.78 bits per heavy atom. The molecule has 0 bridgehead atoms. The zero-order valence-corrected chi connectivity index (χ0v) is 12.4. The minimum atomic E-state index is -0.898. The van der Waals surface area contributed by atoms with Gasteiger partial charge in [0.05, 0.1) is 7.11 Å². The third kappa shape index (κ3) is 2.75. The normalized spacial score (nSPS) is 16.1. The van der Waals surface area contributed by atoms with Crippen molar-refractivity contribution in [3.8, 4) is 0 Å². The molecule has 18 heavy (non-hydrogen) atoms. The standard InChI is InChI=1S/C12H14BrNO3S/c1-17-11(16)12(3-4-12)10(15)14-5-2-9-6-8(13)7-18-9/h6-7H,2-5H2,1H3,(H,14,15). The van der Waals surface area contributed by atoms with Crippen molar-refractivity contribution < 1.29 is 14.3 Å². The molecule has 0 radical (unpaired) electrons. The average molecular weight is 332 g/mol. The third-order valence-electron chi connectivity index (χ3n) is 3.04. The molecule has 1 heterocycles. The van der Waals surface area contributed by atoms with Gasteiger partial charge in [-0.1, -0.05) is 0 Å². The van der Waals surface area contributed by atoms with Crippen LogP contribution in [-0.2, 0) is 20.7 Å². The molecule has 1 aliphatic carbocycles. The summed E-state index contributed by atoms with van der Waals surface area (Å²) in [5, 5.41) is 4.82. The quantitative estimate of drug-likeness (QED) is 0.664. The fourth-order valence-corrected chi connectivity index (χ4v) is 3.25. The lowest BCUT2D eigenvalue weighted by Gasteiger charge is -2.12. The summed E-state index contributed by atoms with van der Waals surface area (Å²) < 4.78 is 5.72. The Morgan fingerprint density at radius 1 is 1.56 bits per heavy atom. The molecule has 0 atom stereocenters. The topological polar surface area (TPSA) is 55.4 Å². The van der Waals surface area contributed by atoms with E-state index in [0.717, 1.165) is 10.9 Å². The van der Waals surface area contributed by atoms with Gasteiger partial charge in [0, 0.05) is 21.3 Å². The minimum Gasteiger partial charge on any atom is -0.468 e. The van der Waals surface area contributed by atoms with E-state index >= 15 is 0 Å². The predicted octanol–water partition coefficient (Wildman–Crippen LogP) is 2.12. The number of amides is 1. The molecule has 1 saturated carbocycles. The summed E-state index contributed by atoms with van der Waals surface area (Å²) in [7, 11) is 1.32. The number of thiophene rings is 1. The number of hydrogen-bond acceptors (Lipinski definition) is 4. The molecule has 0 spiro atoms. The van der Waals surface area contributed by atoms with Gasteiger partial charge in [0.1, 0.15) is 5.41 Å². The van der Waals surface area contributed by atoms with E-state index in [1.807, 2.05) is 11.4 Å². The highest BCUT2D eigenvalue weighted by molar-refractivity contribution is 9.10. The molecule has 0 aromatic carbocycles. The Bertz CT molecular complexity index is 468. The van der Waals surface area contributed by atoms with E-state index in [1.165, 1.54) is 12.0 Å². The van der Waals surface area contributed by atoms with Crippen LogP contribution in [-0.4, -0.2) is 25.5 Å². The van der Waals surface area contributed by atoms with E-state index in [4.69, 9.17) is 0 Å². The van der Waals surface area contributed by atoms with Gasteiger partial charge in [-0.2, -0.15) is 0 Å². The van der Waals surface area contributed by atoms with E-state index in [9.17, 15) is 9.59 Å². The zero-order chi connectivity index (χ0) is 13.2. The molecule has 1 N–H and O–H groups in total. The van der Waals surface area contributed by atoms with Gasteiger partial charge in [0.15, 0.2) is 0 Å². The highest BCUT2D eigenvalue weighted by Crippen LogP contribution is 2.46. The summed E-state index contributed by atoms with van der Waals surface area (Å²) >= 11 is 5.03. The fraction of sp³-hybridized carbons (Fsp3) is 0.500. The molecule has 1 aromatic rings. The summed E-state index contributed by atoms with van der Waals surface area (Å²) in [4.78, 5) is 24.6. The van der Waals surface area contributed by atoms with Crippen molar-refractivity contribution in [3.05, 3.63) is 20.8 Å². The molecule has 1 aliphatic rings. The van der Waals surface area contributed by atoms with Crippen LogP contribution in [0.25, 0.3) is 0 Å². The number of rotatable bonds is 5. The van der Waals surface area contributed by atoms with E-state index in [0.29, 0.717) is 19.4 Å². The van der Waals surface area contributed by atoms with Crippen molar-refractivity contribution in [2.45, 2.75) is 19.3 Å². The Balaban J connectivity index is 1.80. The Hall–Kier alpha value is -0.880. The number of methoxy groups -OCH3 is 1. The monoisotopic (exact) mass is 331 g/mol. The van der Waals surface area contributed by atoms with Crippen molar-refractivity contribution >= 4 is 39.1 Å². The first-order chi connectivity index (χ1) is 8.58. The third-order valence-corrected chi connectivity index (χ3v) is 4.80. The summed E-state index contributed by atoms with van der Waals surface area (Å²) in [6.07, 6.45) is 1.96. The number of halogens is 1. The first-order valence-electron chi connectivity index (χ1n) is 5.68. The average Bonchev–Trinajstić information content (AvgIpc) is 3.07. The largest absolute Gasteiger partial charge is 0.468 e. The second-order valence-electron chi connectivity index (χ2n) is 4.31. The van der Waals surface area contributed by atoms with Crippen LogP contribution < -0.4 is 5.32 Å². The van der Waals surface area contributed by atoms with Crippen LogP contribution >= 0.6 is 27.3 Å². The van der Waals surface area contributed by atoms with Crippen molar-refractivity contribution in [2.24, 2.45) is 5.41 Å². The maximum Gasteiger partial charge on any atom is 0.321 e. The van der Waals surface area contributed by atoms with Crippen molar-refractivity contribution in [1.82, 2.24) is 5.32 Å². The molecule has 0 saturated heterocycles. The van der Waals surface area contributed by atoms with Gasteiger partial charge in [-0.05, 0) is 41.3 Å². The molecule has 2 rings (SSSR count). The van der Waals surface area contributed by atoms with Gasteiger partial charge >= 0.3 is 5.97 Å². The fourth-order valence-electron chi connectivity index (χ4n) is 1.80. The molecule has 4 nitrogen and oxygen atoms in total. The van der Waals surface area contributed by atoms with E-state index in [2.05, 4.69) is 26.0 Å². The number of nitrogens with one attached hydrogen (secondary N) is 1. The van der Waals surface area contributed by atoms with Crippen molar-refractivity contribution in [3.63, 3.8) is 0 Å². The van der Waals surface area contributed by atoms with E-state index in [-0.39, 0.29) is 5.91 Å². The Labute approximate surface area is 118 Å². The number of carbonyl (C=O) groups is 2. The van der Waals surface area contributed by atoms with Crippen LogP contribution in [0.2, 0.25) is 0 Å². The van der Waals surface area contributed by atoms with Gasteiger partial charge in [-0.15, -0.1) is 11.3 Å². The first-order valence-corrected chi connectivity index (χ1v) is 7.35. The molecular formula is C12H14BrNO3S.